The molecule has 2 aromatic rings. The Morgan fingerprint density at radius 2 is 2.05 bits per heavy atom. The number of hydrogen-bond acceptors (Lipinski definition) is 3. The Bertz CT molecular complexity index is 612. The number of hydrogen-bond donors (Lipinski definition) is 0. The molecule has 96 valence electrons. The zero-order chi connectivity index (χ0) is 13.2. The van der Waals surface area contributed by atoms with Crippen molar-refractivity contribution in [1.29, 1.82) is 0 Å². The Hall–Kier alpha value is -1.50. The van der Waals surface area contributed by atoms with Crippen LogP contribution in [0.2, 0.25) is 0 Å². The monoisotopic (exact) mass is 365 g/mol. The SMILES string of the molecule is O=C(c1ccc(I)cc1)N1CCc2ncncc2C1. The van der Waals surface area contributed by atoms with Crippen LogP contribution in [-0.2, 0) is 13.0 Å². The van der Waals surface area contributed by atoms with Crippen LogP contribution in [0, 0.1) is 3.57 Å². The Kier molecular flexibility index (Phi) is 3.46. The summed E-state index contributed by atoms with van der Waals surface area (Å²) in [5.41, 5.74) is 2.84. The third kappa shape index (κ3) is 2.60. The first kappa shape index (κ1) is 12.5. The van der Waals surface area contributed by atoms with Gasteiger partial charge in [0.1, 0.15) is 6.33 Å². The topological polar surface area (TPSA) is 46.1 Å². The number of aromatic nitrogens is 2. The quantitative estimate of drug-likeness (QED) is 0.729. The standard InChI is InChI=1S/C14H12IN3O/c15-12-3-1-10(2-4-12)14(19)18-6-5-13-11(8-18)7-16-9-17-13/h1-4,7,9H,5-6,8H2. The van der Waals surface area contributed by atoms with Crippen LogP contribution >= 0.6 is 22.6 Å². The van der Waals surface area contributed by atoms with Gasteiger partial charge in [0.25, 0.3) is 5.91 Å². The average molecular weight is 365 g/mol. The largest absolute Gasteiger partial charge is 0.334 e. The summed E-state index contributed by atoms with van der Waals surface area (Å²) in [6.45, 7) is 1.32. The predicted octanol–water partition coefficient (Wildman–Crippen LogP) is 2.28. The van der Waals surface area contributed by atoms with E-state index in [-0.39, 0.29) is 5.91 Å². The van der Waals surface area contributed by atoms with Crippen LogP contribution in [0.5, 0.6) is 0 Å². The molecule has 1 aromatic carbocycles. The van der Waals surface area contributed by atoms with Crippen molar-refractivity contribution >= 4 is 28.5 Å². The van der Waals surface area contributed by atoms with E-state index in [1.165, 1.54) is 0 Å². The fraction of sp³-hybridized carbons (Fsp3) is 0.214. The highest BCUT2D eigenvalue weighted by atomic mass is 127. The Labute approximate surface area is 125 Å². The molecular weight excluding hydrogens is 353 g/mol. The van der Waals surface area contributed by atoms with E-state index in [2.05, 4.69) is 32.6 Å². The minimum absolute atomic E-state index is 0.0749. The number of carbonyl (C=O) groups excluding carboxylic acids is 1. The van der Waals surface area contributed by atoms with Gasteiger partial charge in [-0.15, -0.1) is 0 Å². The summed E-state index contributed by atoms with van der Waals surface area (Å²) in [6.07, 6.45) is 4.17. The van der Waals surface area contributed by atoms with Gasteiger partial charge < -0.3 is 4.90 Å². The Morgan fingerprint density at radius 3 is 2.84 bits per heavy atom. The highest BCUT2D eigenvalue weighted by Crippen LogP contribution is 2.18. The van der Waals surface area contributed by atoms with Crippen molar-refractivity contribution < 1.29 is 4.79 Å². The molecule has 1 aromatic heterocycles. The second-order valence-electron chi connectivity index (χ2n) is 4.48. The second-order valence-corrected chi connectivity index (χ2v) is 5.72. The Morgan fingerprint density at radius 1 is 1.26 bits per heavy atom. The van der Waals surface area contributed by atoms with Crippen LogP contribution in [0.1, 0.15) is 21.6 Å². The number of halogens is 1. The van der Waals surface area contributed by atoms with Gasteiger partial charge in [-0.25, -0.2) is 9.97 Å². The lowest BCUT2D eigenvalue weighted by molar-refractivity contribution is 0.0733. The minimum atomic E-state index is 0.0749. The number of amides is 1. The van der Waals surface area contributed by atoms with Gasteiger partial charge in [-0.05, 0) is 46.9 Å². The van der Waals surface area contributed by atoms with Crippen LogP contribution in [0.25, 0.3) is 0 Å². The molecule has 1 aliphatic rings. The zero-order valence-electron chi connectivity index (χ0n) is 10.2. The molecule has 2 heterocycles. The molecule has 0 saturated carbocycles. The maximum atomic E-state index is 12.4. The first-order valence-corrected chi connectivity index (χ1v) is 7.14. The van der Waals surface area contributed by atoms with Crippen LogP contribution in [0.4, 0.5) is 0 Å². The molecule has 0 radical (unpaired) electrons. The van der Waals surface area contributed by atoms with Gasteiger partial charge in [0.05, 0.1) is 5.69 Å². The minimum Gasteiger partial charge on any atom is -0.334 e. The number of fused-ring (bicyclic) bond motifs is 1. The molecule has 1 amide bonds. The summed E-state index contributed by atoms with van der Waals surface area (Å²) in [4.78, 5) is 22.5. The maximum absolute atomic E-state index is 12.4. The number of benzene rings is 1. The summed E-state index contributed by atoms with van der Waals surface area (Å²) < 4.78 is 1.13. The van der Waals surface area contributed by atoms with Crippen LogP contribution in [0.15, 0.2) is 36.8 Å². The summed E-state index contributed by atoms with van der Waals surface area (Å²) in [6, 6.07) is 7.66. The van der Waals surface area contributed by atoms with Gasteiger partial charge >= 0.3 is 0 Å². The molecule has 3 rings (SSSR count). The number of nitrogens with zero attached hydrogens (tertiary/aromatic N) is 3. The van der Waals surface area contributed by atoms with E-state index >= 15 is 0 Å². The second kappa shape index (κ2) is 5.24. The lowest BCUT2D eigenvalue weighted by Gasteiger charge is -2.27. The average Bonchev–Trinajstić information content (AvgIpc) is 2.47. The Balaban J connectivity index is 1.81. The highest BCUT2D eigenvalue weighted by molar-refractivity contribution is 14.1. The molecule has 0 bridgehead atoms. The molecule has 0 aliphatic carbocycles. The van der Waals surface area contributed by atoms with Crippen molar-refractivity contribution in [1.82, 2.24) is 14.9 Å². The van der Waals surface area contributed by atoms with Gasteiger partial charge in [0.2, 0.25) is 0 Å². The maximum Gasteiger partial charge on any atom is 0.254 e. The highest BCUT2D eigenvalue weighted by Gasteiger charge is 2.22. The first-order chi connectivity index (χ1) is 9.24. The molecule has 0 spiro atoms. The normalized spacial score (nSPS) is 14.1. The van der Waals surface area contributed by atoms with Crippen molar-refractivity contribution in [3.8, 4) is 0 Å². The van der Waals surface area contributed by atoms with E-state index in [9.17, 15) is 4.79 Å². The predicted molar refractivity (Wildman–Crippen MR) is 79.6 cm³/mol. The van der Waals surface area contributed by atoms with Gasteiger partial charge in [-0.2, -0.15) is 0 Å². The van der Waals surface area contributed by atoms with Crippen molar-refractivity contribution in [3.05, 3.63) is 57.2 Å². The van der Waals surface area contributed by atoms with E-state index in [1.807, 2.05) is 29.2 Å². The third-order valence-corrected chi connectivity index (χ3v) is 3.96. The first-order valence-electron chi connectivity index (χ1n) is 6.06. The van der Waals surface area contributed by atoms with Crippen molar-refractivity contribution in [2.24, 2.45) is 0 Å². The summed E-state index contributed by atoms with van der Waals surface area (Å²) in [7, 11) is 0. The van der Waals surface area contributed by atoms with E-state index in [1.54, 1.807) is 12.5 Å². The van der Waals surface area contributed by atoms with Gasteiger partial charge in [0.15, 0.2) is 0 Å². The summed E-state index contributed by atoms with van der Waals surface area (Å²) in [5, 5.41) is 0. The molecule has 4 nitrogen and oxygen atoms in total. The molecule has 19 heavy (non-hydrogen) atoms. The molecule has 0 N–H and O–H groups in total. The lowest BCUT2D eigenvalue weighted by Crippen LogP contribution is -2.36. The molecule has 0 saturated heterocycles. The molecular formula is C14H12IN3O. The molecule has 0 unspecified atom stereocenters. The molecule has 5 heteroatoms. The fourth-order valence-electron chi connectivity index (χ4n) is 2.21. The molecule has 1 aliphatic heterocycles. The van der Waals surface area contributed by atoms with Gasteiger partial charge in [0, 0.05) is 40.4 Å². The van der Waals surface area contributed by atoms with E-state index < -0.39 is 0 Å². The van der Waals surface area contributed by atoms with Gasteiger partial charge in [-0.1, -0.05) is 0 Å². The third-order valence-electron chi connectivity index (χ3n) is 3.24. The number of rotatable bonds is 1. The van der Waals surface area contributed by atoms with E-state index in [4.69, 9.17) is 0 Å². The lowest BCUT2D eigenvalue weighted by atomic mass is 10.1. The molecule has 0 atom stereocenters. The van der Waals surface area contributed by atoms with Gasteiger partial charge in [-0.3, -0.25) is 4.79 Å². The van der Waals surface area contributed by atoms with Crippen molar-refractivity contribution in [2.45, 2.75) is 13.0 Å². The van der Waals surface area contributed by atoms with Crippen LogP contribution < -0.4 is 0 Å². The smallest absolute Gasteiger partial charge is 0.254 e. The van der Waals surface area contributed by atoms with Crippen molar-refractivity contribution in [2.75, 3.05) is 6.54 Å². The zero-order valence-corrected chi connectivity index (χ0v) is 12.4. The summed E-state index contributed by atoms with van der Waals surface area (Å²) in [5.74, 6) is 0.0749. The van der Waals surface area contributed by atoms with Crippen LogP contribution in [0.3, 0.4) is 0 Å². The van der Waals surface area contributed by atoms with Crippen molar-refractivity contribution in [3.63, 3.8) is 0 Å². The van der Waals surface area contributed by atoms with E-state index in [0.717, 1.165) is 33.4 Å². The molecule has 0 fully saturated rings. The summed E-state index contributed by atoms with van der Waals surface area (Å²) >= 11 is 2.23. The number of carbonyl (C=O) groups is 1. The van der Waals surface area contributed by atoms with Crippen LogP contribution in [-0.4, -0.2) is 27.3 Å². The van der Waals surface area contributed by atoms with E-state index in [0.29, 0.717) is 6.54 Å². The fourth-order valence-corrected chi connectivity index (χ4v) is 2.57.